The van der Waals surface area contributed by atoms with E-state index in [1.54, 1.807) is 13.1 Å². The highest BCUT2D eigenvalue weighted by Crippen LogP contribution is 2.48. The van der Waals surface area contributed by atoms with E-state index < -0.39 is 11.7 Å². The fourth-order valence-electron chi connectivity index (χ4n) is 3.58. The zero-order valence-corrected chi connectivity index (χ0v) is 15.3. The fourth-order valence-corrected chi connectivity index (χ4v) is 3.58. The molecule has 0 aromatic heterocycles. The molecule has 0 bridgehead atoms. The first kappa shape index (κ1) is 19.0. The van der Waals surface area contributed by atoms with Crippen molar-refractivity contribution in [3.63, 3.8) is 0 Å². The molecule has 26 heavy (non-hydrogen) atoms. The molecule has 3 rings (SSSR count). The van der Waals surface area contributed by atoms with E-state index in [9.17, 15) is 13.2 Å². The van der Waals surface area contributed by atoms with Gasteiger partial charge in [0, 0.05) is 45.1 Å². The van der Waals surface area contributed by atoms with Gasteiger partial charge in [0.1, 0.15) is 0 Å². The van der Waals surface area contributed by atoms with Gasteiger partial charge in [-0.1, -0.05) is 18.2 Å². The van der Waals surface area contributed by atoms with Gasteiger partial charge in [0.15, 0.2) is 5.96 Å². The van der Waals surface area contributed by atoms with Gasteiger partial charge in [0.2, 0.25) is 0 Å². The van der Waals surface area contributed by atoms with E-state index in [-0.39, 0.29) is 5.41 Å². The zero-order chi connectivity index (χ0) is 18.8. The average molecular weight is 369 g/mol. The zero-order valence-electron chi connectivity index (χ0n) is 15.3. The molecule has 1 atom stereocenters. The summed E-state index contributed by atoms with van der Waals surface area (Å²) in [6, 6.07) is 5.71. The third-order valence-electron chi connectivity index (χ3n) is 5.37. The van der Waals surface area contributed by atoms with E-state index in [4.69, 9.17) is 4.74 Å². The Kier molecular flexibility index (Phi) is 5.46. The normalized spacial score (nSPS) is 22.3. The van der Waals surface area contributed by atoms with Crippen molar-refractivity contribution in [2.75, 3.05) is 40.4 Å². The molecule has 7 heteroatoms. The maximum atomic E-state index is 13.0. The van der Waals surface area contributed by atoms with Crippen LogP contribution < -0.4 is 5.32 Å². The van der Waals surface area contributed by atoms with Crippen molar-refractivity contribution in [1.29, 1.82) is 0 Å². The molecule has 0 spiro atoms. The monoisotopic (exact) mass is 369 g/mol. The molecule has 1 aliphatic carbocycles. The number of benzene rings is 1. The van der Waals surface area contributed by atoms with Crippen molar-refractivity contribution < 1.29 is 17.9 Å². The second-order valence-electron chi connectivity index (χ2n) is 7.37. The van der Waals surface area contributed by atoms with Crippen LogP contribution in [0.2, 0.25) is 0 Å². The number of aliphatic imine (C=N–C) groups is 1. The highest BCUT2D eigenvalue weighted by molar-refractivity contribution is 5.79. The lowest BCUT2D eigenvalue weighted by Gasteiger charge is -2.26. The average Bonchev–Trinajstić information content (AvgIpc) is 3.23. The summed E-state index contributed by atoms with van der Waals surface area (Å²) in [6.07, 6.45) is -1.48. The van der Waals surface area contributed by atoms with Crippen LogP contribution in [0.15, 0.2) is 29.3 Å². The SMILES string of the molecule is CN=C(NCC1(c2cccc(C(F)(F)F)c2)CC1)N(C)CC1CCOC1. The highest BCUT2D eigenvalue weighted by Gasteiger charge is 2.45. The van der Waals surface area contributed by atoms with Crippen LogP contribution in [-0.2, 0) is 16.3 Å². The van der Waals surface area contributed by atoms with Gasteiger partial charge in [-0.15, -0.1) is 0 Å². The molecule has 1 aromatic carbocycles. The van der Waals surface area contributed by atoms with Gasteiger partial charge in [-0.25, -0.2) is 0 Å². The Bertz CT molecular complexity index is 650. The van der Waals surface area contributed by atoms with Gasteiger partial charge in [0.05, 0.1) is 12.2 Å². The number of ether oxygens (including phenoxy) is 1. The molecule has 1 aliphatic heterocycles. The largest absolute Gasteiger partial charge is 0.416 e. The number of hydrogen-bond donors (Lipinski definition) is 1. The van der Waals surface area contributed by atoms with E-state index in [1.807, 2.05) is 7.05 Å². The lowest BCUT2D eigenvalue weighted by Crippen LogP contribution is -2.44. The summed E-state index contributed by atoms with van der Waals surface area (Å²) >= 11 is 0. The summed E-state index contributed by atoms with van der Waals surface area (Å²) in [5.74, 6) is 1.27. The molecule has 2 aliphatic rings. The fraction of sp³-hybridized carbons (Fsp3) is 0.632. The van der Waals surface area contributed by atoms with Gasteiger partial charge < -0.3 is 15.0 Å². The number of hydrogen-bond acceptors (Lipinski definition) is 2. The molecule has 0 amide bonds. The maximum absolute atomic E-state index is 13.0. The number of alkyl halides is 3. The van der Waals surface area contributed by atoms with Crippen LogP contribution in [0.1, 0.15) is 30.4 Å². The number of nitrogens with zero attached hydrogens (tertiary/aromatic N) is 2. The first-order valence-electron chi connectivity index (χ1n) is 9.01. The predicted molar refractivity (Wildman–Crippen MR) is 95.3 cm³/mol. The smallest absolute Gasteiger partial charge is 0.381 e. The van der Waals surface area contributed by atoms with Crippen LogP contribution in [0.4, 0.5) is 13.2 Å². The number of rotatable bonds is 5. The molecule has 4 nitrogen and oxygen atoms in total. The topological polar surface area (TPSA) is 36.9 Å². The van der Waals surface area contributed by atoms with E-state index in [0.717, 1.165) is 56.6 Å². The Hall–Kier alpha value is -1.76. The van der Waals surface area contributed by atoms with Crippen molar-refractivity contribution >= 4 is 5.96 Å². The third-order valence-corrected chi connectivity index (χ3v) is 5.37. The molecule has 1 unspecified atom stereocenters. The number of halogens is 3. The minimum atomic E-state index is -4.31. The molecule has 1 heterocycles. The van der Waals surface area contributed by atoms with Crippen LogP contribution in [0.5, 0.6) is 0 Å². The Morgan fingerprint density at radius 1 is 1.38 bits per heavy atom. The molecule has 1 aromatic rings. The summed E-state index contributed by atoms with van der Waals surface area (Å²) in [6.45, 7) is 3.03. The Morgan fingerprint density at radius 2 is 2.15 bits per heavy atom. The molecular formula is C19H26F3N3O. The first-order valence-corrected chi connectivity index (χ1v) is 9.01. The first-order chi connectivity index (χ1) is 12.3. The van der Waals surface area contributed by atoms with Gasteiger partial charge in [-0.05, 0) is 30.9 Å². The van der Waals surface area contributed by atoms with Crippen LogP contribution >= 0.6 is 0 Å². The molecule has 1 saturated carbocycles. The minimum Gasteiger partial charge on any atom is -0.381 e. The van der Waals surface area contributed by atoms with Crippen molar-refractivity contribution in [2.24, 2.45) is 10.9 Å². The van der Waals surface area contributed by atoms with Crippen LogP contribution in [0, 0.1) is 5.92 Å². The summed E-state index contributed by atoms with van der Waals surface area (Å²) in [4.78, 5) is 6.39. The minimum absolute atomic E-state index is 0.228. The van der Waals surface area contributed by atoms with Crippen LogP contribution in [0.25, 0.3) is 0 Å². The van der Waals surface area contributed by atoms with Crippen molar-refractivity contribution in [1.82, 2.24) is 10.2 Å². The Labute approximate surface area is 152 Å². The van der Waals surface area contributed by atoms with Crippen molar-refractivity contribution in [3.05, 3.63) is 35.4 Å². The van der Waals surface area contributed by atoms with E-state index >= 15 is 0 Å². The number of nitrogens with one attached hydrogen (secondary N) is 1. The molecule has 1 N–H and O–H groups in total. The molecular weight excluding hydrogens is 343 g/mol. The third kappa shape index (κ3) is 4.31. The van der Waals surface area contributed by atoms with Crippen LogP contribution in [0.3, 0.4) is 0 Å². The number of guanidine groups is 1. The summed E-state index contributed by atoms with van der Waals surface area (Å²) in [5, 5.41) is 3.36. The van der Waals surface area contributed by atoms with Crippen LogP contribution in [-0.4, -0.2) is 51.3 Å². The van der Waals surface area contributed by atoms with Gasteiger partial charge in [-0.2, -0.15) is 13.2 Å². The summed E-state index contributed by atoms with van der Waals surface area (Å²) in [7, 11) is 3.71. The predicted octanol–water partition coefficient (Wildman–Crippen LogP) is 3.28. The van der Waals surface area contributed by atoms with E-state index in [0.29, 0.717) is 12.5 Å². The standard InChI is InChI=1S/C19H26F3N3O/c1-23-17(25(2)11-14-6-9-26-12-14)24-13-18(7-8-18)15-4-3-5-16(10-15)19(20,21)22/h3-5,10,14H,6-9,11-13H2,1-2H3,(H,23,24). The van der Waals surface area contributed by atoms with Gasteiger partial charge in [-0.3, -0.25) is 4.99 Å². The highest BCUT2D eigenvalue weighted by atomic mass is 19.4. The van der Waals surface area contributed by atoms with Gasteiger partial charge in [0.25, 0.3) is 0 Å². The second kappa shape index (κ2) is 7.47. The van der Waals surface area contributed by atoms with E-state index in [1.165, 1.54) is 12.1 Å². The van der Waals surface area contributed by atoms with Crippen molar-refractivity contribution in [3.8, 4) is 0 Å². The van der Waals surface area contributed by atoms with Crippen molar-refractivity contribution in [2.45, 2.75) is 30.9 Å². The second-order valence-corrected chi connectivity index (χ2v) is 7.37. The molecule has 0 radical (unpaired) electrons. The summed E-state index contributed by atoms with van der Waals surface area (Å²) < 4.78 is 44.4. The van der Waals surface area contributed by atoms with E-state index in [2.05, 4.69) is 15.2 Å². The lowest BCUT2D eigenvalue weighted by molar-refractivity contribution is -0.137. The summed E-state index contributed by atoms with van der Waals surface area (Å²) in [5.41, 5.74) is -0.0553. The lowest BCUT2D eigenvalue weighted by atomic mass is 9.94. The maximum Gasteiger partial charge on any atom is 0.416 e. The molecule has 1 saturated heterocycles. The molecule has 144 valence electrons. The quantitative estimate of drug-likeness (QED) is 0.639. The van der Waals surface area contributed by atoms with Gasteiger partial charge >= 0.3 is 6.18 Å². The molecule has 2 fully saturated rings. The Morgan fingerprint density at radius 3 is 2.73 bits per heavy atom. The Balaban J connectivity index is 1.62.